The van der Waals surface area contributed by atoms with E-state index in [1.54, 1.807) is 0 Å². The second-order valence-corrected chi connectivity index (χ2v) is 2.63. The summed E-state index contributed by atoms with van der Waals surface area (Å²) in [6, 6.07) is 0.579. The molecule has 0 amide bonds. The summed E-state index contributed by atoms with van der Waals surface area (Å²) in [7, 11) is 0. The molecule has 0 fully saturated rings. The van der Waals surface area contributed by atoms with Crippen LogP contribution in [0.15, 0.2) is 12.6 Å². The van der Waals surface area contributed by atoms with Crippen LogP contribution in [0.1, 0.15) is 12.5 Å². The Morgan fingerprint density at radius 2 is 1.62 bits per heavy atom. The van der Waals surface area contributed by atoms with Gasteiger partial charge in [0.15, 0.2) is 23.3 Å². The fourth-order valence-electron chi connectivity index (χ4n) is 0.883. The molecular weight excluding hydrogens is 184 g/mol. The molecule has 0 N–H and O–H groups in total. The first-order chi connectivity index (χ1) is 5.95. The third-order valence-electron chi connectivity index (χ3n) is 1.56. The highest BCUT2D eigenvalue weighted by Gasteiger charge is 2.18. The fraction of sp³-hybridized carbons (Fsp3) is 0.111. The van der Waals surface area contributed by atoms with Gasteiger partial charge in [-0.15, -0.1) is 0 Å². The molecule has 0 aliphatic heterocycles. The van der Waals surface area contributed by atoms with Gasteiger partial charge < -0.3 is 0 Å². The van der Waals surface area contributed by atoms with Gasteiger partial charge in [-0.25, -0.2) is 17.6 Å². The summed E-state index contributed by atoms with van der Waals surface area (Å²) in [5.74, 6) is -6.44. The van der Waals surface area contributed by atoms with Crippen molar-refractivity contribution >= 4 is 5.57 Å². The average molecular weight is 190 g/mol. The molecule has 0 spiro atoms. The van der Waals surface area contributed by atoms with Crippen molar-refractivity contribution in [2.24, 2.45) is 0 Å². The zero-order valence-corrected chi connectivity index (χ0v) is 6.80. The first-order valence-electron chi connectivity index (χ1n) is 3.44. The topological polar surface area (TPSA) is 0 Å². The number of rotatable bonds is 1. The molecule has 0 saturated heterocycles. The lowest BCUT2D eigenvalue weighted by molar-refractivity contribution is 0.408. The van der Waals surface area contributed by atoms with E-state index in [1.807, 2.05) is 0 Å². The lowest BCUT2D eigenvalue weighted by Gasteiger charge is -2.04. The van der Waals surface area contributed by atoms with Crippen LogP contribution in [0.5, 0.6) is 0 Å². The van der Waals surface area contributed by atoms with Crippen LogP contribution in [0.25, 0.3) is 5.57 Å². The van der Waals surface area contributed by atoms with Gasteiger partial charge in [0, 0.05) is 5.56 Å². The summed E-state index contributed by atoms with van der Waals surface area (Å²) in [4.78, 5) is 0. The van der Waals surface area contributed by atoms with E-state index >= 15 is 0 Å². The molecule has 0 radical (unpaired) electrons. The van der Waals surface area contributed by atoms with Gasteiger partial charge in [0.05, 0.1) is 0 Å². The van der Waals surface area contributed by atoms with Crippen molar-refractivity contribution in [1.82, 2.24) is 0 Å². The van der Waals surface area contributed by atoms with Crippen LogP contribution in [0.3, 0.4) is 0 Å². The van der Waals surface area contributed by atoms with Gasteiger partial charge >= 0.3 is 0 Å². The molecule has 0 atom stereocenters. The summed E-state index contributed by atoms with van der Waals surface area (Å²) in [6.07, 6.45) is 0. The van der Waals surface area contributed by atoms with Crippen molar-refractivity contribution in [1.29, 1.82) is 0 Å². The standard InChI is InChI=1S/C9H6F4/c1-4(2)5-3-6(10)8(12)9(13)7(5)11/h3H,1H2,2H3. The average Bonchev–Trinajstić information content (AvgIpc) is 2.07. The number of halogens is 4. The first-order valence-corrected chi connectivity index (χ1v) is 3.44. The highest BCUT2D eigenvalue weighted by atomic mass is 19.2. The molecule has 1 rings (SSSR count). The van der Waals surface area contributed by atoms with Crippen LogP contribution >= 0.6 is 0 Å². The Labute approximate surface area is 72.5 Å². The summed E-state index contributed by atoms with van der Waals surface area (Å²) in [5.41, 5.74) is -0.216. The summed E-state index contributed by atoms with van der Waals surface area (Å²) >= 11 is 0. The normalized spacial score (nSPS) is 10.2. The first kappa shape index (κ1) is 9.77. The zero-order valence-electron chi connectivity index (χ0n) is 6.80. The van der Waals surface area contributed by atoms with E-state index in [2.05, 4.69) is 6.58 Å². The molecule has 70 valence electrons. The molecule has 0 bridgehead atoms. The lowest BCUT2D eigenvalue weighted by atomic mass is 10.1. The van der Waals surface area contributed by atoms with Crippen molar-refractivity contribution in [2.45, 2.75) is 6.92 Å². The zero-order chi connectivity index (χ0) is 10.2. The van der Waals surface area contributed by atoms with Crippen LogP contribution in [-0.4, -0.2) is 0 Å². The van der Waals surface area contributed by atoms with Gasteiger partial charge in [0.25, 0.3) is 0 Å². The van der Waals surface area contributed by atoms with Crippen LogP contribution in [0, 0.1) is 23.3 Å². The van der Waals surface area contributed by atoms with Gasteiger partial charge in [-0.3, -0.25) is 0 Å². The highest BCUT2D eigenvalue weighted by molar-refractivity contribution is 5.61. The quantitative estimate of drug-likeness (QED) is 0.362. The Bertz CT molecular complexity index is 368. The van der Waals surface area contributed by atoms with Gasteiger partial charge in [-0.2, -0.15) is 0 Å². The summed E-state index contributed by atoms with van der Waals surface area (Å²) < 4.78 is 50.4. The van der Waals surface area contributed by atoms with E-state index < -0.39 is 23.3 Å². The molecule has 4 heteroatoms. The Morgan fingerprint density at radius 3 is 2.08 bits per heavy atom. The number of hydrogen-bond donors (Lipinski definition) is 0. The Balaban J connectivity index is 3.50. The molecule has 0 aromatic heterocycles. The SMILES string of the molecule is C=C(C)c1cc(F)c(F)c(F)c1F. The molecule has 0 nitrogen and oxygen atoms in total. The maximum atomic E-state index is 12.9. The summed E-state index contributed by atoms with van der Waals surface area (Å²) in [5, 5.41) is 0. The number of benzene rings is 1. The van der Waals surface area contributed by atoms with E-state index in [0.717, 1.165) is 0 Å². The third-order valence-corrected chi connectivity index (χ3v) is 1.56. The van der Waals surface area contributed by atoms with E-state index in [1.165, 1.54) is 6.92 Å². The van der Waals surface area contributed by atoms with E-state index in [9.17, 15) is 17.6 Å². The minimum absolute atomic E-state index is 0.135. The Morgan fingerprint density at radius 1 is 1.08 bits per heavy atom. The van der Waals surface area contributed by atoms with Crippen molar-refractivity contribution in [3.63, 3.8) is 0 Å². The molecule has 1 aromatic carbocycles. The third kappa shape index (κ3) is 1.56. The highest BCUT2D eigenvalue weighted by Crippen LogP contribution is 2.22. The second kappa shape index (κ2) is 3.20. The molecular formula is C9H6F4. The predicted octanol–water partition coefficient (Wildman–Crippen LogP) is 3.28. The van der Waals surface area contributed by atoms with Gasteiger partial charge in [0.2, 0.25) is 0 Å². The maximum absolute atomic E-state index is 12.9. The number of hydrogen-bond acceptors (Lipinski definition) is 0. The van der Waals surface area contributed by atoms with Crippen LogP contribution < -0.4 is 0 Å². The van der Waals surface area contributed by atoms with E-state index in [0.29, 0.717) is 6.07 Å². The molecule has 0 aliphatic rings. The van der Waals surface area contributed by atoms with Crippen molar-refractivity contribution in [3.8, 4) is 0 Å². The minimum Gasteiger partial charge on any atom is -0.204 e. The second-order valence-electron chi connectivity index (χ2n) is 2.63. The van der Waals surface area contributed by atoms with Gasteiger partial charge in [-0.05, 0) is 18.6 Å². The summed E-state index contributed by atoms with van der Waals surface area (Å²) in [6.45, 7) is 4.67. The predicted molar refractivity (Wildman–Crippen MR) is 41.0 cm³/mol. The van der Waals surface area contributed by atoms with Crippen LogP contribution in [0.2, 0.25) is 0 Å². The molecule has 0 aliphatic carbocycles. The molecule has 0 heterocycles. The van der Waals surface area contributed by atoms with Gasteiger partial charge in [0.1, 0.15) is 0 Å². The van der Waals surface area contributed by atoms with E-state index in [4.69, 9.17) is 0 Å². The van der Waals surface area contributed by atoms with Crippen LogP contribution in [0.4, 0.5) is 17.6 Å². The van der Waals surface area contributed by atoms with Crippen molar-refractivity contribution in [3.05, 3.63) is 41.5 Å². The smallest absolute Gasteiger partial charge is 0.198 e. The maximum Gasteiger partial charge on any atom is 0.198 e. The van der Waals surface area contributed by atoms with Crippen molar-refractivity contribution < 1.29 is 17.6 Å². The lowest BCUT2D eigenvalue weighted by Crippen LogP contribution is -1.99. The van der Waals surface area contributed by atoms with E-state index in [-0.39, 0.29) is 11.1 Å². The molecule has 1 aromatic rings. The minimum atomic E-state index is -1.81. The molecule has 0 unspecified atom stereocenters. The van der Waals surface area contributed by atoms with Crippen LogP contribution in [-0.2, 0) is 0 Å². The Kier molecular flexibility index (Phi) is 2.40. The number of allylic oxidation sites excluding steroid dienone is 1. The Hall–Kier alpha value is -1.32. The molecule has 0 saturated carbocycles. The monoisotopic (exact) mass is 190 g/mol. The largest absolute Gasteiger partial charge is 0.204 e. The fourth-order valence-corrected chi connectivity index (χ4v) is 0.883. The van der Waals surface area contributed by atoms with Gasteiger partial charge in [-0.1, -0.05) is 6.58 Å². The molecule has 13 heavy (non-hydrogen) atoms. The van der Waals surface area contributed by atoms with Crippen molar-refractivity contribution in [2.75, 3.05) is 0 Å².